The molecule has 2 heterocycles. The zero-order valence-electron chi connectivity index (χ0n) is 16.6. The number of nitrogens with one attached hydrogen (secondary N) is 1. The molecule has 2 aromatic carbocycles. The number of para-hydroxylation sites is 2. The van der Waals surface area contributed by atoms with Gasteiger partial charge in [0.05, 0.1) is 5.92 Å². The average molecular weight is 472 g/mol. The van der Waals surface area contributed by atoms with E-state index in [2.05, 4.69) is 26.2 Å². The average Bonchev–Trinajstić information content (AvgIpc) is 3.19. The summed E-state index contributed by atoms with van der Waals surface area (Å²) in [4.78, 5) is 31.0. The standard InChI is InChI=1S/C22H22BrN3O4/c1-14-12-16(6-7-17(14)23)24-20(27)13-29-21(28)15-8-10-26(11-9-15)22-25-18-4-2-3-5-19(18)30-22/h2-7,12,15H,8-11,13H2,1H3,(H,24,27). The summed E-state index contributed by atoms with van der Waals surface area (Å²) < 4.78 is 12.0. The van der Waals surface area contributed by atoms with E-state index in [0.29, 0.717) is 37.6 Å². The number of nitrogens with zero attached hydrogens (tertiary/aromatic N) is 2. The predicted octanol–water partition coefficient (Wildman–Crippen LogP) is 4.30. The number of carbonyl (C=O) groups excluding carboxylic acids is 2. The van der Waals surface area contributed by atoms with Crippen LogP contribution < -0.4 is 10.2 Å². The lowest BCUT2D eigenvalue weighted by molar-refractivity contribution is -0.152. The third kappa shape index (κ3) is 4.64. The molecule has 8 heteroatoms. The van der Waals surface area contributed by atoms with Gasteiger partial charge in [0, 0.05) is 23.2 Å². The van der Waals surface area contributed by atoms with Crippen LogP contribution in [0.25, 0.3) is 11.1 Å². The number of benzene rings is 2. The van der Waals surface area contributed by atoms with Gasteiger partial charge in [-0.1, -0.05) is 28.1 Å². The van der Waals surface area contributed by atoms with Crippen molar-refractivity contribution in [2.24, 2.45) is 5.92 Å². The van der Waals surface area contributed by atoms with Crippen molar-refractivity contribution < 1.29 is 18.7 Å². The van der Waals surface area contributed by atoms with Crippen molar-refractivity contribution in [1.29, 1.82) is 0 Å². The number of oxazole rings is 1. The predicted molar refractivity (Wildman–Crippen MR) is 117 cm³/mol. The first-order chi connectivity index (χ1) is 14.5. The summed E-state index contributed by atoms with van der Waals surface area (Å²) in [5.74, 6) is -0.920. The first-order valence-corrected chi connectivity index (χ1v) is 10.6. The highest BCUT2D eigenvalue weighted by molar-refractivity contribution is 9.10. The molecule has 1 aromatic heterocycles. The molecule has 1 aliphatic rings. The number of rotatable bonds is 5. The van der Waals surface area contributed by atoms with E-state index in [1.54, 1.807) is 6.07 Å². The first kappa shape index (κ1) is 20.4. The van der Waals surface area contributed by atoms with Gasteiger partial charge in [-0.15, -0.1) is 0 Å². The molecule has 0 spiro atoms. The molecule has 1 saturated heterocycles. The van der Waals surface area contributed by atoms with Crippen molar-refractivity contribution in [1.82, 2.24) is 4.98 Å². The number of hydrogen-bond acceptors (Lipinski definition) is 6. The van der Waals surface area contributed by atoms with Gasteiger partial charge in [0.2, 0.25) is 0 Å². The van der Waals surface area contributed by atoms with Crippen molar-refractivity contribution >= 4 is 50.6 Å². The normalized spacial score (nSPS) is 14.7. The molecule has 1 amide bonds. The van der Waals surface area contributed by atoms with Gasteiger partial charge in [-0.3, -0.25) is 9.59 Å². The van der Waals surface area contributed by atoms with Crippen molar-refractivity contribution in [3.8, 4) is 0 Å². The lowest BCUT2D eigenvalue weighted by Gasteiger charge is -2.29. The van der Waals surface area contributed by atoms with E-state index in [1.807, 2.05) is 48.2 Å². The Kier molecular flexibility index (Phi) is 6.03. The molecule has 4 rings (SSSR count). The Hall–Kier alpha value is -2.87. The second kappa shape index (κ2) is 8.87. The number of fused-ring (bicyclic) bond motifs is 1. The van der Waals surface area contributed by atoms with E-state index in [-0.39, 0.29) is 24.4 Å². The van der Waals surface area contributed by atoms with E-state index in [1.165, 1.54) is 0 Å². The molecule has 0 atom stereocenters. The zero-order chi connectivity index (χ0) is 21.1. The maximum absolute atomic E-state index is 12.4. The van der Waals surface area contributed by atoms with Crippen LogP contribution in [0.5, 0.6) is 0 Å². The molecule has 156 valence electrons. The molecule has 0 unspecified atom stereocenters. The summed E-state index contributed by atoms with van der Waals surface area (Å²) in [6.07, 6.45) is 1.26. The van der Waals surface area contributed by atoms with E-state index in [9.17, 15) is 9.59 Å². The molecule has 0 aliphatic carbocycles. The van der Waals surface area contributed by atoms with Crippen LogP contribution in [0, 0.1) is 12.8 Å². The van der Waals surface area contributed by atoms with E-state index in [4.69, 9.17) is 9.15 Å². The molecular formula is C22H22BrN3O4. The van der Waals surface area contributed by atoms with Gasteiger partial charge in [-0.05, 0) is 55.7 Å². The van der Waals surface area contributed by atoms with Crippen LogP contribution in [-0.2, 0) is 14.3 Å². The number of aromatic nitrogens is 1. The smallest absolute Gasteiger partial charge is 0.309 e. The molecule has 1 N–H and O–H groups in total. The lowest BCUT2D eigenvalue weighted by Crippen LogP contribution is -2.37. The van der Waals surface area contributed by atoms with Crippen LogP contribution in [0.4, 0.5) is 11.7 Å². The summed E-state index contributed by atoms with van der Waals surface area (Å²) in [6, 6.07) is 13.7. The van der Waals surface area contributed by atoms with Crippen LogP contribution in [0.3, 0.4) is 0 Å². The SMILES string of the molecule is Cc1cc(NC(=O)COC(=O)C2CCN(c3nc4ccccc4o3)CC2)ccc1Br. The highest BCUT2D eigenvalue weighted by atomic mass is 79.9. The zero-order valence-corrected chi connectivity index (χ0v) is 18.1. The summed E-state index contributed by atoms with van der Waals surface area (Å²) >= 11 is 3.42. The minimum atomic E-state index is -0.353. The number of esters is 1. The molecule has 3 aromatic rings. The Morgan fingerprint density at radius 3 is 2.73 bits per heavy atom. The molecule has 0 saturated carbocycles. The molecule has 0 bridgehead atoms. The van der Waals surface area contributed by atoms with Gasteiger partial charge in [0.1, 0.15) is 5.52 Å². The molecule has 1 aliphatic heterocycles. The van der Waals surface area contributed by atoms with Gasteiger partial charge in [-0.2, -0.15) is 4.98 Å². The van der Waals surface area contributed by atoms with Crippen molar-refractivity contribution in [2.75, 3.05) is 29.9 Å². The summed E-state index contributed by atoms with van der Waals surface area (Å²) in [6.45, 7) is 2.94. The fourth-order valence-electron chi connectivity index (χ4n) is 3.48. The number of hydrogen-bond donors (Lipinski definition) is 1. The largest absolute Gasteiger partial charge is 0.455 e. The number of anilines is 2. The van der Waals surface area contributed by atoms with Crippen LogP contribution >= 0.6 is 15.9 Å². The summed E-state index contributed by atoms with van der Waals surface area (Å²) in [5, 5.41) is 2.74. The maximum Gasteiger partial charge on any atom is 0.309 e. The second-order valence-corrected chi connectivity index (χ2v) is 8.20. The number of piperidine rings is 1. The van der Waals surface area contributed by atoms with Gasteiger partial charge >= 0.3 is 5.97 Å². The Labute approximate surface area is 182 Å². The monoisotopic (exact) mass is 471 g/mol. The Bertz CT molecular complexity index is 1040. The Morgan fingerprint density at radius 1 is 1.23 bits per heavy atom. The first-order valence-electron chi connectivity index (χ1n) is 9.83. The van der Waals surface area contributed by atoms with Crippen LogP contribution in [0.2, 0.25) is 0 Å². The topological polar surface area (TPSA) is 84.7 Å². The maximum atomic E-state index is 12.4. The van der Waals surface area contributed by atoms with E-state index in [0.717, 1.165) is 21.1 Å². The fourth-order valence-corrected chi connectivity index (χ4v) is 3.72. The van der Waals surface area contributed by atoms with Crippen molar-refractivity contribution in [3.63, 3.8) is 0 Å². The quantitative estimate of drug-likeness (QED) is 0.558. The molecule has 30 heavy (non-hydrogen) atoms. The fraction of sp³-hybridized carbons (Fsp3) is 0.318. The second-order valence-electron chi connectivity index (χ2n) is 7.35. The molecule has 1 fully saturated rings. The van der Waals surface area contributed by atoms with Gasteiger partial charge in [0.15, 0.2) is 12.2 Å². The number of ether oxygens (including phenoxy) is 1. The molecule has 0 radical (unpaired) electrons. The van der Waals surface area contributed by atoms with Gasteiger partial charge < -0.3 is 19.4 Å². The minimum absolute atomic E-state index is 0.228. The number of aryl methyl sites for hydroxylation is 1. The number of amides is 1. The van der Waals surface area contributed by atoms with Crippen LogP contribution in [-0.4, -0.2) is 36.6 Å². The summed E-state index contributed by atoms with van der Waals surface area (Å²) in [7, 11) is 0. The lowest BCUT2D eigenvalue weighted by atomic mass is 9.97. The summed E-state index contributed by atoms with van der Waals surface area (Å²) in [5.41, 5.74) is 3.25. The van der Waals surface area contributed by atoms with Gasteiger partial charge in [0.25, 0.3) is 11.9 Å². The minimum Gasteiger partial charge on any atom is -0.455 e. The van der Waals surface area contributed by atoms with E-state index >= 15 is 0 Å². The third-order valence-corrected chi connectivity index (χ3v) is 6.06. The number of halogens is 1. The molecular weight excluding hydrogens is 450 g/mol. The Balaban J connectivity index is 1.25. The van der Waals surface area contributed by atoms with E-state index < -0.39 is 0 Å². The third-order valence-electron chi connectivity index (χ3n) is 5.17. The highest BCUT2D eigenvalue weighted by Crippen LogP contribution is 2.27. The van der Waals surface area contributed by atoms with Crippen LogP contribution in [0.1, 0.15) is 18.4 Å². The highest BCUT2D eigenvalue weighted by Gasteiger charge is 2.28. The molecule has 7 nitrogen and oxygen atoms in total. The van der Waals surface area contributed by atoms with Gasteiger partial charge in [-0.25, -0.2) is 0 Å². The van der Waals surface area contributed by atoms with Crippen molar-refractivity contribution in [2.45, 2.75) is 19.8 Å². The number of carbonyl (C=O) groups is 2. The van der Waals surface area contributed by atoms with Crippen LogP contribution in [0.15, 0.2) is 51.4 Å². The van der Waals surface area contributed by atoms with Crippen molar-refractivity contribution in [3.05, 3.63) is 52.5 Å². The Morgan fingerprint density at radius 2 is 2.00 bits per heavy atom.